The molecule has 0 unspecified atom stereocenters. The Bertz CT molecular complexity index is 1210. The second kappa shape index (κ2) is 11.7. The normalized spacial score (nSPS) is 13.2. The standard InChI is InChI=1S/C16H12ClN7O.C9H18/c17-14-9-24(16(25)19-14)8-10-1-3-11(4-2-10)12-5-6-18-7-13(12)15-20-22-23-21-15;1-2-3-4-6-9-7-5-8-9/h1-7,9H,8H2,(H,19,25)(H,20,21,22,23);9H,2-8H2,1H3. The molecule has 8 nitrogen and oxygen atoms in total. The number of halogens is 1. The maximum atomic E-state index is 11.7. The Hall–Kier alpha value is -3.26. The third-order valence-corrected chi connectivity index (χ3v) is 6.43. The van der Waals surface area contributed by atoms with Crippen molar-refractivity contribution in [2.24, 2.45) is 5.92 Å². The monoisotopic (exact) mass is 479 g/mol. The predicted molar refractivity (Wildman–Crippen MR) is 133 cm³/mol. The van der Waals surface area contributed by atoms with Gasteiger partial charge >= 0.3 is 5.69 Å². The highest BCUT2D eigenvalue weighted by molar-refractivity contribution is 6.29. The number of rotatable bonds is 8. The molecular weight excluding hydrogens is 450 g/mol. The van der Waals surface area contributed by atoms with Crippen LogP contribution in [0.2, 0.25) is 5.15 Å². The number of imidazole rings is 1. The molecule has 4 aromatic rings. The fourth-order valence-corrected chi connectivity index (χ4v) is 4.28. The van der Waals surface area contributed by atoms with Crippen LogP contribution in [0.4, 0.5) is 0 Å². The van der Waals surface area contributed by atoms with Gasteiger partial charge in [0.2, 0.25) is 0 Å². The van der Waals surface area contributed by atoms with Gasteiger partial charge in [0.15, 0.2) is 5.82 Å². The summed E-state index contributed by atoms with van der Waals surface area (Å²) in [5, 5.41) is 14.2. The van der Waals surface area contributed by atoms with Crippen molar-refractivity contribution in [2.45, 2.75) is 58.4 Å². The summed E-state index contributed by atoms with van der Waals surface area (Å²) in [5.41, 5.74) is 3.52. The zero-order chi connectivity index (χ0) is 23.8. The largest absolute Gasteiger partial charge is 0.326 e. The zero-order valence-corrected chi connectivity index (χ0v) is 20.1. The molecule has 178 valence electrons. The van der Waals surface area contributed by atoms with Crippen LogP contribution in [0, 0.1) is 5.92 Å². The maximum absolute atomic E-state index is 11.7. The minimum Gasteiger partial charge on any atom is -0.297 e. The summed E-state index contributed by atoms with van der Waals surface area (Å²) in [7, 11) is 0. The molecule has 0 saturated heterocycles. The number of tetrazole rings is 1. The Morgan fingerprint density at radius 1 is 1.12 bits per heavy atom. The van der Waals surface area contributed by atoms with Crippen molar-refractivity contribution in [3.8, 4) is 22.5 Å². The third-order valence-electron chi connectivity index (χ3n) is 6.24. The van der Waals surface area contributed by atoms with Crippen LogP contribution in [0.25, 0.3) is 22.5 Å². The lowest BCUT2D eigenvalue weighted by atomic mass is 9.82. The lowest BCUT2D eigenvalue weighted by Gasteiger charge is -2.24. The molecule has 1 aliphatic rings. The van der Waals surface area contributed by atoms with E-state index in [1.165, 1.54) is 49.5 Å². The molecule has 0 atom stereocenters. The zero-order valence-electron chi connectivity index (χ0n) is 19.4. The van der Waals surface area contributed by atoms with Crippen LogP contribution in [-0.4, -0.2) is 35.2 Å². The molecule has 0 radical (unpaired) electrons. The minimum absolute atomic E-state index is 0.233. The molecule has 9 heteroatoms. The molecule has 0 aliphatic heterocycles. The van der Waals surface area contributed by atoms with Gasteiger partial charge in [-0.2, -0.15) is 0 Å². The van der Waals surface area contributed by atoms with Gasteiger partial charge in [-0.3, -0.25) is 14.5 Å². The second-order valence-electron chi connectivity index (χ2n) is 8.70. The summed E-state index contributed by atoms with van der Waals surface area (Å²) in [5.74, 6) is 1.69. The molecule has 0 amide bonds. The van der Waals surface area contributed by atoms with Gasteiger partial charge in [0, 0.05) is 24.2 Å². The number of nitrogens with zero attached hydrogens (tertiary/aromatic N) is 5. The number of H-pyrrole nitrogens is 2. The van der Waals surface area contributed by atoms with Crippen molar-refractivity contribution in [1.29, 1.82) is 0 Å². The molecule has 0 bridgehead atoms. The minimum atomic E-state index is -0.233. The van der Waals surface area contributed by atoms with Gasteiger partial charge in [-0.15, -0.1) is 5.10 Å². The van der Waals surface area contributed by atoms with Crippen LogP contribution in [0.5, 0.6) is 0 Å². The first-order valence-corrected chi connectivity index (χ1v) is 12.2. The first-order valence-electron chi connectivity index (χ1n) is 11.9. The smallest absolute Gasteiger partial charge is 0.297 e. The van der Waals surface area contributed by atoms with E-state index in [1.807, 2.05) is 30.3 Å². The Labute approximate surface area is 203 Å². The van der Waals surface area contributed by atoms with Crippen LogP contribution in [0.3, 0.4) is 0 Å². The average molecular weight is 480 g/mol. The van der Waals surface area contributed by atoms with Crippen molar-refractivity contribution in [2.75, 3.05) is 0 Å². The second-order valence-corrected chi connectivity index (χ2v) is 9.10. The predicted octanol–water partition coefficient (Wildman–Crippen LogP) is 5.49. The van der Waals surface area contributed by atoms with Crippen molar-refractivity contribution in [1.82, 2.24) is 35.2 Å². The van der Waals surface area contributed by atoms with Crippen molar-refractivity contribution < 1.29 is 0 Å². The van der Waals surface area contributed by atoms with Crippen LogP contribution in [-0.2, 0) is 6.54 Å². The Balaban J connectivity index is 0.000000257. The molecule has 34 heavy (non-hydrogen) atoms. The van der Waals surface area contributed by atoms with Crippen LogP contribution in [0.1, 0.15) is 57.4 Å². The highest BCUT2D eigenvalue weighted by atomic mass is 35.5. The Kier molecular flexibility index (Phi) is 8.25. The maximum Gasteiger partial charge on any atom is 0.326 e. The van der Waals surface area contributed by atoms with Gasteiger partial charge in [0.25, 0.3) is 0 Å². The summed E-state index contributed by atoms with van der Waals surface area (Å²) < 4.78 is 1.52. The van der Waals surface area contributed by atoms with Crippen molar-refractivity contribution in [3.05, 3.63) is 70.1 Å². The number of hydrogen-bond acceptors (Lipinski definition) is 5. The molecule has 3 aromatic heterocycles. The number of pyridine rings is 1. The third kappa shape index (κ3) is 6.20. The molecule has 0 spiro atoms. The van der Waals surface area contributed by atoms with E-state index in [2.05, 4.69) is 37.5 Å². The molecule has 1 aromatic carbocycles. The first kappa shape index (κ1) is 23.9. The summed E-state index contributed by atoms with van der Waals surface area (Å²) in [4.78, 5) is 18.4. The lowest BCUT2D eigenvalue weighted by Crippen LogP contribution is -2.16. The van der Waals surface area contributed by atoms with E-state index in [1.54, 1.807) is 18.6 Å². The molecule has 2 N–H and O–H groups in total. The van der Waals surface area contributed by atoms with E-state index in [4.69, 9.17) is 11.6 Å². The molecule has 1 aliphatic carbocycles. The quantitative estimate of drug-likeness (QED) is 0.325. The van der Waals surface area contributed by atoms with E-state index in [9.17, 15) is 4.79 Å². The van der Waals surface area contributed by atoms with Gasteiger partial charge in [-0.05, 0) is 39.1 Å². The van der Waals surface area contributed by atoms with Gasteiger partial charge < -0.3 is 0 Å². The highest BCUT2D eigenvalue weighted by Gasteiger charge is 2.15. The number of nitrogens with one attached hydrogen (secondary N) is 2. The molecule has 5 rings (SSSR count). The van der Waals surface area contributed by atoms with Crippen LogP contribution >= 0.6 is 11.6 Å². The molecular formula is C25H30ClN7O. The Morgan fingerprint density at radius 3 is 2.56 bits per heavy atom. The SMILES string of the molecule is CCCCCC1CCC1.O=c1[nH]c(Cl)cn1Cc1ccc(-c2ccncc2-c2nnn[nH]2)cc1. The fourth-order valence-electron chi connectivity index (χ4n) is 4.08. The number of aromatic amines is 2. The van der Waals surface area contributed by atoms with E-state index < -0.39 is 0 Å². The fraction of sp³-hybridized carbons (Fsp3) is 0.400. The van der Waals surface area contributed by atoms with E-state index in [0.717, 1.165) is 28.2 Å². The van der Waals surface area contributed by atoms with Crippen molar-refractivity contribution in [3.63, 3.8) is 0 Å². The topological polar surface area (TPSA) is 105 Å². The van der Waals surface area contributed by atoms with Crippen LogP contribution in [0.15, 0.2) is 53.7 Å². The lowest BCUT2D eigenvalue weighted by molar-refractivity contribution is 0.287. The van der Waals surface area contributed by atoms with Gasteiger partial charge in [0.1, 0.15) is 5.15 Å². The Morgan fingerprint density at radius 2 is 1.94 bits per heavy atom. The summed E-state index contributed by atoms with van der Waals surface area (Å²) >= 11 is 5.80. The van der Waals surface area contributed by atoms with E-state index >= 15 is 0 Å². The summed E-state index contributed by atoms with van der Waals surface area (Å²) in [6.07, 6.45) is 15.4. The first-order chi connectivity index (χ1) is 16.6. The average Bonchev–Trinajstić information content (AvgIpc) is 3.46. The highest BCUT2D eigenvalue weighted by Crippen LogP contribution is 2.31. The van der Waals surface area contributed by atoms with Crippen molar-refractivity contribution >= 4 is 11.6 Å². The number of benzene rings is 1. The molecule has 1 saturated carbocycles. The number of unbranched alkanes of at least 4 members (excludes halogenated alkanes) is 2. The molecule has 1 fully saturated rings. The summed E-state index contributed by atoms with van der Waals surface area (Å²) in [6.45, 7) is 2.72. The van der Waals surface area contributed by atoms with Gasteiger partial charge in [-0.1, -0.05) is 87.7 Å². The molecule has 3 heterocycles. The van der Waals surface area contributed by atoms with Crippen LogP contribution < -0.4 is 5.69 Å². The van der Waals surface area contributed by atoms with Gasteiger partial charge in [-0.25, -0.2) is 9.89 Å². The van der Waals surface area contributed by atoms with E-state index in [-0.39, 0.29) is 5.69 Å². The van der Waals surface area contributed by atoms with E-state index in [0.29, 0.717) is 17.5 Å². The summed E-state index contributed by atoms with van der Waals surface area (Å²) in [6, 6.07) is 9.80. The van der Waals surface area contributed by atoms with Gasteiger partial charge in [0.05, 0.1) is 6.54 Å². The number of aromatic nitrogens is 7. The number of hydrogen-bond donors (Lipinski definition) is 2.